The Morgan fingerprint density at radius 3 is 2.41 bits per heavy atom. The van der Waals surface area contributed by atoms with Gasteiger partial charge in [-0.3, -0.25) is 0 Å². The number of carbonyl (C=O) groups is 1. The zero-order valence-corrected chi connectivity index (χ0v) is 21.2. The second kappa shape index (κ2) is 9.51. The molecule has 0 bridgehead atoms. The summed E-state index contributed by atoms with van der Waals surface area (Å²) in [5.74, 6) is -1.17. The Balaban J connectivity index is 1.97. The van der Waals surface area contributed by atoms with Crippen LogP contribution in [0.1, 0.15) is 31.4 Å². The van der Waals surface area contributed by atoms with E-state index < -0.39 is 33.5 Å². The molecule has 0 radical (unpaired) electrons. The first kappa shape index (κ1) is 25.0. The van der Waals surface area contributed by atoms with Gasteiger partial charge in [-0.2, -0.15) is 4.31 Å². The molecule has 0 spiro atoms. The Bertz CT molecular complexity index is 1320. The largest absolute Gasteiger partial charge is 0.478 e. The fourth-order valence-corrected chi connectivity index (χ4v) is 7.28. The lowest BCUT2D eigenvalue weighted by Gasteiger charge is -2.48. The molecule has 0 saturated heterocycles. The lowest BCUT2D eigenvalue weighted by molar-refractivity contribution is -0.134. The normalized spacial score (nSPS) is 25.5. The van der Waals surface area contributed by atoms with Crippen molar-refractivity contribution in [2.75, 3.05) is 0 Å². The zero-order valence-electron chi connectivity index (χ0n) is 18.2. The Labute approximate surface area is 214 Å². The van der Waals surface area contributed by atoms with Gasteiger partial charge in [0.1, 0.15) is 0 Å². The molecule has 0 amide bonds. The summed E-state index contributed by atoms with van der Waals surface area (Å²) in [6.45, 7) is 1.82. The molecule has 0 aromatic heterocycles. The number of hydrogen-bond donors (Lipinski definition) is 1. The van der Waals surface area contributed by atoms with E-state index in [1.54, 1.807) is 42.5 Å². The van der Waals surface area contributed by atoms with E-state index in [0.29, 0.717) is 20.6 Å². The van der Waals surface area contributed by atoms with E-state index in [9.17, 15) is 18.3 Å². The highest BCUT2D eigenvalue weighted by molar-refractivity contribution is 7.89. The van der Waals surface area contributed by atoms with Gasteiger partial charge in [-0.25, -0.2) is 13.2 Å². The van der Waals surface area contributed by atoms with Crippen molar-refractivity contribution in [2.45, 2.75) is 36.7 Å². The Kier molecular flexibility index (Phi) is 7.00. The molecule has 3 atom stereocenters. The summed E-state index contributed by atoms with van der Waals surface area (Å²) in [6, 6.07) is 11.1. The number of hydrogen-bond acceptors (Lipinski definition) is 3. The molecule has 1 aliphatic heterocycles. The van der Waals surface area contributed by atoms with Crippen molar-refractivity contribution in [3.8, 4) is 0 Å². The van der Waals surface area contributed by atoms with Crippen molar-refractivity contribution < 1.29 is 18.3 Å². The molecule has 1 N–H and O–H groups in total. The van der Waals surface area contributed by atoms with Gasteiger partial charge in [0.25, 0.3) is 0 Å². The molecule has 2 aromatic rings. The van der Waals surface area contributed by atoms with E-state index in [0.717, 1.165) is 0 Å². The number of carboxylic acid groups (broad SMARTS) is 1. The maximum absolute atomic E-state index is 14.2. The minimum atomic E-state index is -4.18. The second-order valence-corrected chi connectivity index (χ2v) is 11.8. The molecule has 2 aromatic carbocycles. The number of aliphatic carboxylic acids is 1. The predicted molar refractivity (Wildman–Crippen MR) is 135 cm³/mol. The zero-order chi connectivity index (χ0) is 24.7. The Hall–Kier alpha value is -2.09. The van der Waals surface area contributed by atoms with Gasteiger partial charge in [-0.05, 0) is 60.9 Å². The number of benzene rings is 2. The van der Waals surface area contributed by atoms with Crippen molar-refractivity contribution in [1.29, 1.82) is 0 Å². The third-order valence-electron chi connectivity index (χ3n) is 6.22. The topological polar surface area (TPSA) is 74.7 Å². The van der Waals surface area contributed by atoms with Crippen LogP contribution in [-0.2, 0) is 14.8 Å². The number of carboxylic acids is 1. The first-order chi connectivity index (χ1) is 16.0. The number of halogens is 3. The van der Waals surface area contributed by atoms with Crippen molar-refractivity contribution in [1.82, 2.24) is 4.31 Å². The smallest absolute Gasteiger partial charge is 0.332 e. The van der Waals surface area contributed by atoms with Crippen molar-refractivity contribution in [3.63, 3.8) is 0 Å². The highest BCUT2D eigenvalue weighted by atomic mass is 35.5. The third kappa shape index (κ3) is 4.70. The number of sulfonamides is 1. The van der Waals surface area contributed by atoms with E-state index in [4.69, 9.17) is 34.8 Å². The van der Waals surface area contributed by atoms with Crippen LogP contribution in [0, 0.1) is 5.41 Å². The molecule has 2 aliphatic rings. The molecule has 9 heteroatoms. The summed E-state index contributed by atoms with van der Waals surface area (Å²) in [5.41, 5.74) is -0.234. The van der Waals surface area contributed by atoms with Gasteiger partial charge in [0.2, 0.25) is 10.0 Å². The van der Waals surface area contributed by atoms with E-state index >= 15 is 0 Å². The van der Waals surface area contributed by atoms with Gasteiger partial charge in [-0.1, -0.05) is 72.1 Å². The lowest BCUT2D eigenvalue weighted by atomic mass is 9.71. The fourth-order valence-electron chi connectivity index (χ4n) is 4.69. The van der Waals surface area contributed by atoms with Crippen LogP contribution < -0.4 is 0 Å². The second-order valence-electron chi connectivity index (χ2n) is 8.62. The molecule has 0 fully saturated rings. The summed E-state index contributed by atoms with van der Waals surface area (Å²) in [6.07, 6.45) is 7.36. The number of allylic oxidation sites excluding steroid dienone is 3. The van der Waals surface area contributed by atoms with Gasteiger partial charge in [0.05, 0.1) is 22.6 Å². The summed E-state index contributed by atoms with van der Waals surface area (Å²) in [5, 5.41) is 11.5. The van der Waals surface area contributed by atoms with Crippen molar-refractivity contribution in [3.05, 3.63) is 99.0 Å². The minimum Gasteiger partial charge on any atom is -0.478 e. The van der Waals surface area contributed by atoms with Gasteiger partial charge in [0, 0.05) is 20.5 Å². The van der Waals surface area contributed by atoms with E-state index in [2.05, 4.69) is 0 Å². The quantitative estimate of drug-likeness (QED) is 0.465. The number of rotatable bonds is 5. The first-order valence-electron chi connectivity index (χ1n) is 10.5. The highest BCUT2D eigenvalue weighted by Crippen LogP contribution is 2.49. The van der Waals surface area contributed by atoms with Crippen LogP contribution >= 0.6 is 34.8 Å². The summed E-state index contributed by atoms with van der Waals surface area (Å²) >= 11 is 18.6. The van der Waals surface area contributed by atoms with Gasteiger partial charge in [0.15, 0.2) is 0 Å². The Morgan fingerprint density at radius 1 is 1.09 bits per heavy atom. The molecule has 1 heterocycles. The van der Waals surface area contributed by atoms with Crippen molar-refractivity contribution >= 4 is 50.8 Å². The van der Waals surface area contributed by atoms with Crippen LogP contribution in [0.25, 0.3) is 0 Å². The average molecular weight is 539 g/mol. The van der Waals surface area contributed by atoms with Crippen LogP contribution in [0.5, 0.6) is 0 Å². The van der Waals surface area contributed by atoms with Gasteiger partial charge >= 0.3 is 5.97 Å². The maximum Gasteiger partial charge on any atom is 0.332 e. The average Bonchev–Trinajstić information content (AvgIpc) is 2.78. The van der Waals surface area contributed by atoms with Crippen LogP contribution in [0.15, 0.2) is 88.3 Å². The molecule has 5 nitrogen and oxygen atoms in total. The molecule has 178 valence electrons. The SMILES string of the molecule is C[C@]1(C2C(C(=O)O)=CC[C@@H](c3cccc(Cl)c3)N2S(=O)(=O)c2ccc(Cl)cc2)C=CC=C(Cl)C1. The Morgan fingerprint density at radius 2 is 1.79 bits per heavy atom. The maximum atomic E-state index is 14.2. The van der Waals surface area contributed by atoms with E-state index in [1.807, 2.05) is 13.0 Å². The summed E-state index contributed by atoms with van der Waals surface area (Å²) in [4.78, 5) is 12.4. The van der Waals surface area contributed by atoms with Crippen LogP contribution in [0.3, 0.4) is 0 Å². The highest BCUT2D eigenvalue weighted by Gasteiger charge is 2.51. The molecule has 0 saturated carbocycles. The predicted octanol–water partition coefficient (Wildman–Crippen LogP) is 6.60. The summed E-state index contributed by atoms with van der Waals surface area (Å²) < 4.78 is 29.7. The lowest BCUT2D eigenvalue weighted by Crippen LogP contribution is -2.54. The number of nitrogens with zero attached hydrogens (tertiary/aromatic N) is 1. The summed E-state index contributed by atoms with van der Waals surface area (Å²) in [7, 11) is -4.18. The van der Waals surface area contributed by atoms with E-state index in [-0.39, 0.29) is 23.3 Å². The molecular weight excluding hydrogens is 517 g/mol. The van der Waals surface area contributed by atoms with Crippen LogP contribution in [-0.4, -0.2) is 29.8 Å². The molecule has 4 rings (SSSR count). The van der Waals surface area contributed by atoms with Crippen LogP contribution in [0.2, 0.25) is 10.0 Å². The van der Waals surface area contributed by atoms with Gasteiger partial charge in [-0.15, -0.1) is 0 Å². The standard InChI is InChI=1S/C25H22Cl3NO4S/c1-25(13-3-6-19(28)15-25)23-21(24(30)31)11-12-22(16-4-2-5-18(27)14-16)29(23)34(32,33)20-9-7-17(26)8-10-20/h2-11,13-14,22-23H,12,15H2,1H3,(H,30,31)/t22-,23?,25-/m0/s1. The van der Waals surface area contributed by atoms with Crippen molar-refractivity contribution in [2.24, 2.45) is 5.41 Å². The molecular formula is C25H22Cl3NO4S. The minimum absolute atomic E-state index is 0.00864. The monoisotopic (exact) mass is 537 g/mol. The fraction of sp³-hybridized carbons (Fsp3) is 0.240. The molecule has 1 unspecified atom stereocenters. The van der Waals surface area contributed by atoms with Gasteiger partial charge < -0.3 is 5.11 Å². The molecule has 34 heavy (non-hydrogen) atoms. The third-order valence-corrected chi connectivity index (χ3v) is 8.85. The van der Waals surface area contributed by atoms with Crippen LogP contribution in [0.4, 0.5) is 0 Å². The molecule has 1 aliphatic carbocycles. The first-order valence-corrected chi connectivity index (χ1v) is 13.1. The van der Waals surface area contributed by atoms with E-state index in [1.165, 1.54) is 28.6 Å².